The van der Waals surface area contributed by atoms with Crippen LogP contribution in [-0.4, -0.2) is 24.1 Å². The first-order valence-corrected chi connectivity index (χ1v) is 4.60. The van der Waals surface area contributed by atoms with Crippen molar-refractivity contribution in [1.29, 1.82) is 0 Å². The highest BCUT2D eigenvalue weighted by molar-refractivity contribution is 5.85. The van der Waals surface area contributed by atoms with Crippen molar-refractivity contribution in [3.05, 3.63) is 29.8 Å². The van der Waals surface area contributed by atoms with E-state index >= 15 is 0 Å². The summed E-state index contributed by atoms with van der Waals surface area (Å²) in [6.45, 7) is 1.43. The van der Waals surface area contributed by atoms with E-state index in [1.165, 1.54) is 11.3 Å². The molecule has 4 heteroatoms. The Balaban J connectivity index is 2.18. The SMILES string of the molecule is NC(CN1CCc2ccccc21)=NO. The summed E-state index contributed by atoms with van der Waals surface area (Å²) in [5.41, 5.74) is 7.99. The third-order valence-corrected chi connectivity index (χ3v) is 2.46. The van der Waals surface area contributed by atoms with E-state index in [1.807, 2.05) is 12.1 Å². The Morgan fingerprint density at radius 3 is 3.07 bits per heavy atom. The van der Waals surface area contributed by atoms with Crippen LogP contribution in [-0.2, 0) is 6.42 Å². The Hall–Kier alpha value is -1.71. The number of hydrogen-bond donors (Lipinski definition) is 2. The molecule has 14 heavy (non-hydrogen) atoms. The van der Waals surface area contributed by atoms with E-state index in [0.29, 0.717) is 6.54 Å². The molecule has 0 spiro atoms. The molecule has 0 unspecified atom stereocenters. The van der Waals surface area contributed by atoms with Crippen molar-refractivity contribution in [1.82, 2.24) is 0 Å². The second kappa shape index (κ2) is 3.57. The number of nitrogens with two attached hydrogens (primary N) is 1. The van der Waals surface area contributed by atoms with Gasteiger partial charge in [-0.2, -0.15) is 0 Å². The minimum Gasteiger partial charge on any atom is -0.409 e. The van der Waals surface area contributed by atoms with Crippen LogP contribution in [0.25, 0.3) is 0 Å². The predicted molar refractivity (Wildman–Crippen MR) is 55.8 cm³/mol. The molecular formula is C10H13N3O. The monoisotopic (exact) mass is 191 g/mol. The van der Waals surface area contributed by atoms with Crippen molar-refractivity contribution < 1.29 is 5.21 Å². The Morgan fingerprint density at radius 2 is 2.29 bits per heavy atom. The molecule has 74 valence electrons. The van der Waals surface area contributed by atoms with E-state index in [-0.39, 0.29) is 5.84 Å². The molecule has 1 aliphatic heterocycles. The molecule has 0 fully saturated rings. The summed E-state index contributed by atoms with van der Waals surface area (Å²) in [4.78, 5) is 2.12. The number of benzene rings is 1. The van der Waals surface area contributed by atoms with Gasteiger partial charge in [-0.1, -0.05) is 23.4 Å². The molecule has 0 bridgehead atoms. The average molecular weight is 191 g/mol. The topological polar surface area (TPSA) is 61.8 Å². The van der Waals surface area contributed by atoms with Crippen molar-refractivity contribution in [2.75, 3.05) is 18.0 Å². The third kappa shape index (κ3) is 1.51. The number of anilines is 1. The Kier molecular flexibility index (Phi) is 2.26. The largest absolute Gasteiger partial charge is 0.409 e. The number of para-hydroxylation sites is 1. The maximum absolute atomic E-state index is 8.48. The molecule has 4 nitrogen and oxygen atoms in total. The van der Waals surface area contributed by atoms with Gasteiger partial charge < -0.3 is 15.8 Å². The molecule has 0 saturated heterocycles. The first-order valence-electron chi connectivity index (χ1n) is 4.60. The Morgan fingerprint density at radius 1 is 1.50 bits per heavy atom. The molecule has 3 N–H and O–H groups in total. The maximum Gasteiger partial charge on any atom is 0.158 e. The van der Waals surface area contributed by atoms with Gasteiger partial charge in [0.15, 0.2) is 5.84 Å². The molecular weight excluding hydrogens is 178 g/mol. The van der Waals surface area contributed by atoms with Gasteiger partial charge in [-0.25, -0.2) is 0 Å². The summed E-state index contributed by atoms with van der Waals surface area (Å²) in [6, 6.07) is 8.21. The fourth-order valence-corrected chi connectivity index (χ4v) is 1.80. The van der Waals surface area contributed by atoms with E-state index in [9.17, 15) is 0 Å². The van der Waals surface area contributed by atoms with Crippen LogP contribution >= 0.6 is 0 Å². The lowest BCUT2D eigenvalue weighted by atomic mass is 10.2. The second-order valence-electron chi connectivity index (χ2n) is 3.39. The van der Waals surface area contributed by atoms with Crippen molar-refractivity contribution >= 4 is 11.5 Å². The van der Waals surface area contributed by atoms with Gasteiger partial charge in [-0.05, 0) is 18.1 Å². The summed E-state index contributed by atoms with van der Waals surface area (Å²) < 4.78 is 0. The van der Waals surface area contributed by atoms with Crippen LogP contribution in [0.15, 0.2) is 29.4 Å². The summed E-state index contributed by atoms with van der Waals surface area (Å²) >= 11 is 0. The average Bonchev–Trinajstić information content (AvgIpc) is 2.62. The zero-order valence-electron chi connectivity index (χ0n) is 7.85. The van der Waals surface area contributed by atoms with E-state index in [4.69, 9.17) is 10.9 Å². The highest BCUT2D eigenvalue weighted by atomic mass is 16.4. The van der Waals surface area contributed by atoms with E-state index in [1.54, 1.807) is 0 Å². The smallest absolute Gasteiger partial charge is 0.158 e. The van der Waals surface area contributed by atoms with Crippen molar-refractivity contribution in [3.63, 3.8) is 0 Å². The van der Waals surface area contributed by atoms with Gasteiger partial charge in [0.1, 0.15) is 0 Å². The quantitative estimate of drug-likeness (QED) is 0.314. The lowest BCUT2D eigenvalue weighted by Crippen LogP contribution is -2.32. The summed E-state index contributed by atoms with van der Waals surface area (Å²) in [5.74, 6) is 0.252. The minimum atomic E-state index is 0.252. The van der Waals surface area contributed by atoms with Gasteiger partial charge >= 0.3 is 0 Å². The molecule has 2 rings (SSSR count). The standard InChI is InChI=1S/C10H13N3O/c11-10(12-14)7-13-6-5-8-3-1-2-4-9(8)13/h1-4,14H,5-7H2,(H2,11,12). The first-order chi connectivity index (χ1) is 6.81. The van der Waals surface area contributed by atoms with Crippen LogP contribution in [0.2, 0.25) is 0 Å². The molecule has 1 aromatic rings. The number of nitrogens with zero attached hydrogens (tertiary/aromatic N) is 2. The Labute approximate surface area is 82.6 Å². The van der Waals surface area contributed by atoms with Crippen molar-refractivity contribution in [2.45, 2.75) is 6.42 Å². The molecule has 0 aliphatic carbocycles. The van der Waals surface area contributed by atoms with Crippen molar-refractivity contribution in [3.8, 4) is 0 Å². The fourth-order valence-electron chi connectivity index (χ4n) is 1.80. The summed E-state index contributed by atoms with van der Waals surface area (Å²) in [5, 5.41) is 11.5. The van der Waals surface area contributed by atoms with Crippen molar-refractivity contribution in [2.24, 2.45) is 10.9 Å². The van der Waals surface area contributed by atoms with Crippen LogP contribution in [0.3, 0.4) is 0 Å². The number of amidine groups is 1. The molecule has 0 radical (unpaired) electrons. The lowest BCUT2D eigenvalue weighted by Gasteiger charge is -2.17. The predicted octanol–water partition coefficient (Wildman–Crippen LogP) is 0.795. The molecule has 0 atom stereocenters. The van der Waals surface area contributed by atoms with Crippen LogP contribution in [0.1, 0.15) is 5.56 Å². The van der Waals surface area contributed by atoms with E-state index in [0.717, 1.165) is 13.0 Å². The summed E-state index contributed by atoms with van der Waals surface area (Å²) in [6.07, 6.45) is 1.04. The van der Waals surface area contributed by atoms with E-state index < -0.39 is 0 Å². The van der Waals surface area contributed by atoms with Crippen LogP contribution in [0.5, 0.6) is 0 Å². The highest BCUT2D eigenvalue weighted by Crippen LogP contribution is 2.26. The lowest BCUT2D eigenvalue weighted by molar-refractivity contribution is 0.317. The fraction of sp³-hybridized carbons (Fsp3) is 0.300. The molecule has 1 aromatic carbocycles. The number of oxime groups is 1. The molecule has 0 amide bonds. The van der Waals surface area contributed by atoms with Gasteiger partial charge in [0.25, 0.3) is 0 Å². The third-order valence-electron chi connectivity index (χ3n) is 2.46. The van der Waals surface area contributed by atoms with Gasteiger partial charge in [0.05, 0.1) is 6.54 Å². The van der Waals surface area contributed by atoms with Gasteiger partial charge in [0, 0.05) is 12.2 Å². The first kappa shape index (κ1) is 8.87. The van der Waals surface area contributed by atoms with Gasteiger partial charge in [0.2, 0.25) is 0 Å². The molecule has 0 saturated carbocycles. The normalized spacial score (nSPS) is 15.7. The van der Waals surface area contributed by atoms with Crippen LogP contribution in [0.4, 0.5) is 5.69 Å². The number of hydrogen-bond acceptors (Lipinski definition) is 3. The number of rotatable bonds is 2. The van der Waals surface area contributed by atoms with Crippen LogP contribution < -0.4 is 10.6 Å². The molecule has 0 aromatic heterocycles. The van der Waals surface area contributed by atoms with Gasteiger partial charge in [-0.3, -0.25) is 0 Å². The zero-order valence-corrected chi connectivity index (χ0v) is 7.85. The van der Waals surface area contributed by atoms with Crippen LogP contribution in [0, 0.1) is 0 Å². The van der Waals surface area contributed by atoms with E-state index in [2.05, 4.69) is 22.2 Å². The Bertz CT molecular complexity index is 362. The molecule has 1 aliphatic rings. The zero-order chi connectivity index (χ0) is 9.97. The minimum absolute atomic E-state index is 0.252. The number of fused-ring (bicyclic) bond motifs is 1. The highest BCUT2D eigenvalue weighted by Gasteiger charge is 2.18. The molecule has 1 heterocycles. The summed E-state index contributed by atoms with van der Waals surface area (Å²) in [7, 11) is 0. The maximum atomic E-state index is 8.48. The van der Waals surface area contributed by atoms with Gasteiger partial charge in [-0.15, -0.1) is 0 Å². The second-order valence-corrected chi connectivity index (χ2v) is 3.39.